The third-order valence-corrected chi connectivity index (χ3v) is 7.63. The standard InChI is InChI=1S/C31H49N5O6/c1-21(2)17-26(28(39)33-24(20-37)18-23-11-14-32-27(23)38)34-29(40)36(19-22-9-7-6-8-10-22)25-12-15-35(16-13-25)30(41)42-31(3,4)5/h6-10,21,23-26,37H,11-20H2,1-5H3,(H,32,38)(H,33,39)(H,34,40). The van der Waals surface area contributed by atoms with E-state index < -0.39 is 17.7 Å². The van der Waals surface area contributed by atoms with E-state index in [-0.39, 0.29) is 48.4 Å². The first-order chi connectivity index (χ1) is 19.9. The Morgan fingerprint density at radius 1 is 1.10 bits per heavy atom. The largest absolute Gasteiger partial charge is 0.444 e. The highest BCUT2D eigenvalue weighted by atomic mass is 16.6. The van der Waals surface area contributed by atoms with Gasteiger partial charge in [0.05, 0.1) is 12.6 Å². The third kappa shape index (κ3) is 10.2. The van der Waals surface area contributed by atoms with Crippen molar-refractivity contribution in [3.8, 4) is 0 Å². The lowest BCUT2D eigenvalue weighted by atomic mass is 9.97. The van der Waals surface area contributed by atoms with Crippen molar-refractivity contribution in [2.45, 2.75) is 97.0 Å². The first-order valence-electron chi connectivity index (χ1n) is 15.1. The summed E-state index contributed by atoms with van der Waals surface area (Å²) in [6.45, 7) is 11.0. The summed E-state index contributed by atoms with van der Waals surface area (Å²) in [6.07, 6.45) is 2.22. The molecule has 11 nitrogen and oxygen atoms in total. The average molecular weight is 588 g/mol. The second kappa shape index (κ2) is 15.2. The van der Waals surface area contributed by atoms with E-state index in [2.05, 4.69) is 16.0 Å². The predicted molar refractivity (Wildman–Crippen MR) is 159 cm³/mol. The number of carbonyl (C=O) groups excluding carboxylic acids is 4. The second-order valence-corrected chi connectivity index (χ2v) is 12.8. The summed E-state index contributed by atoms with van der Waals surface area (Å²) in [5, 5.41) is 18.6. The SMILES string of the molecule is CC(C)CC(NC(=O)N(Cc1ccccc1)C1CCN(C(=O)OC(C)(C)C)CC1)C(=O)NC(CO)CC1CCNC1=O. The van der Waals surface area contributed by atoms with E-state index in [1.807, 2.05) is 65.0 Å². The molecule has 234 valence electrons. The lowest BCUT2D eigenvalue weighted by Gasteiger charge is -2.39. The van der Waals surface area contributed by atoms with Crippen molar-refractivity contribution in [3.63, 3.8) is 0 Å². The van der Waals surface area contributed by atoms with Gasteiger partial charge in [0.25, 0.3) is 0 Å². The van der Waals surface area contributed by atoms with Crippen molar-refractivity contribution in [2.75, 3.05) is 26.2 Å². The van der Waals surface area contributed by atoms with Crippen LogP contribution in [0, 0.1) is 11.8 Å². The average Bonchev–Trinajstić information content (AvgIpc) is 3.34. The minimum absolute atomic E-state index is 0.0657. The van der Waals surface area contributed by atoms with Gasteiger partial charge in [0.15, 0.2) is 0 Å². The molecule has 0 aliphatic carbocycles. The molecular formula is C31H49N5O6. The van der Waals surface area contributed by atoms with E-state index in [0.29, 0.717) is 58.3 Å². The number of nitrogens with zero attached hydrogens (tertiary/aromatic N) is 2. The van der Waals surface area contributed by atoms with Crippen LogP contribution in [0.3, 0.4) is 0 Å². The zero-order valence-corrected chi connectivity index (χ0v) is 25.7. The fourth-order valence-corrected chi connectivity index (χ4v) is 5.46. The molecule has 3 rings (SSSR count). The molecular weight excluding hydrogens is 538 g/mol. The van der Waals surface area contributed by atoms with Crippen molar-refractivity contribution in [3.05, 3.63) is 35.9 Å². The number of nitrogens with one attached hydrogen (secondary N) is 3. The first kappa shape index (κ1) is 33.2. The van der Waals surface area contributed by atoms with Gasteiger partial charge in [-0.25, -0.2) is 9.59 Å². The molecule has 2 fully saturated rings. The van der Waals surface area contributed by atoms with Gasteiger partial charge in [-0.1, -0.05) is 44.2 Å². The molecule has 3 atom stereocenters. The van der Waals surface area contributed by atoms with Crippen LogP contribution in [-0.2, 0) is 20.9 Å². The van der Waals surface area contributed by atoms with Gasteiger partial charge in [0.1, 0.15) is 11.6 Å². The second-order valence-electron chi connectivity index (χ2n) is 12.8. The summed E-state index contributed by atoms with van der Waals surface area (Å²) in [5.41, 5.74) is 0.375. The molecule has 4 N–H and O–H groups in total. The van der Waals surface area contributed by atoms with Crippen molar-refractivity contribution >= 4 is 23.9 Å². The molecule has 11 heteroatoms. The maximum Gasteiger partial charge on any atom is 0.410 e. The normalized spacial score (nSPS) is 19.2. The van der Waals surface area contributed by atoms with E-state index in [1.54, 1.807) is 9.80 Å². The van der Waals surface area contributed by atoms with Gasteiger partial charge in [-0.05, 0) is 64.4 Å². The molecule has 1 aromatic carbocycles. The number of carbonyl (C=O) groups is 4. The van der Waals surface area contributed by atoms with E-state index in [1.165, 1.54) is 0 Å². The maximum atomic E-state index is 13.9. The van der Waals surface area contributed by atoms with Crippen LogP contribution in [0.2, 0.25) is 0 Å². The number of hydrogen-bond donors (Lipinski definition) is 4. The van der Waals surface area contributed by atoms with Crippen LogP contribution >= 0.6 is 0 Å². The number of aliphatic hydroxyl groups excluding tert-OH is 1. The minimum Gasteiger partial charge on any atom is -0.444 e. The molecule has 1 aromatic rings. The van der Waals surface area contributed by atoms with Gasteiger partial charge in [-0.3, -0.25) is 9.59 Å². The lowest BCUT2D eigenvalue weighted by Crippen LogP contribution is -2.57. The highest BCUT2D eigenvalue weighted by molar-refractivity contribution is 5.87. The van der Waals surface area contributed by atoms with E-state index in [4.69, 9.17) is 4.74 Å². The van der Waals surface area contributed by atoms with Crippen LogP contribution in [0.4, 0.5) is 9.59 Å². The number of rotatable bonds is 11. The smallest absolute Gasteiger partial charge is 0.410 e. The molecule has 42 heavy (non-hydrogen) atoms. The Morgan fingerprint density at radius 2 is 1.76 bits per heavy atom. The Bertz CT molecular complexity index is 1050. The molecule has 3 unspecified atom stereocenters. The fourth-order valence-electron chi connectivity index (χ4n) is 5.46. The van der Waals surface area contributed by atoms with Crippen molar-refractivity contribution in [2.24, 2.45) is 11.8 Å². The summed E-state index contributed by atoms with van der Waals surface area (Å²) in [5.74, 6) is -0.583. The summed E-state index contributed by atoms with van der Waals surface area (Å²) in [6, 6.07) is 7.78. The Hall–Kier alpha value is -3.34. The molecule has 2 saturated heterocycles. The Morgan fingerprint density at radius 3 is 2.31 bits per heavy atom. The van der Waals surface area contributed by atoms with E-state index in [9.17, 15) is 24.3 Å². The highest BCUT2D eigenvalue weighted by Crippen LogP contribution is 2.22. The van der Waals surface area contributed by atoms with Crippen LogP contribution < -0.4 is 16.0 Å². The summed E-state index contributed by atoms with van der Waals surface area (Å²) in [4.78, 5) is 55.3. The number of piperidine rings is 1. The Kier molecular flexibility index (Phi) is 12.0. The Balaban J connectivity index is 1.71. The molecule has 0 radical (unpaired) electrons. The quantitative estimate of drug-likeness (QED) is 0.314. The van der Waals surface area contributed by atoms with Crippen LogP contribution in [0.25, 0.3) is 0 Å². The number of aliphatic hydroxyl groups is 1. The molecule has 5 amide bonds. The zero-order chi connectivity index (χ0) is 30.9. The number of urea groups is 1. The fraction of sp³-hybridized carbons (Fsp3) is 0.677. The molecule has 0 bridgehead atoms. The van der Waals surface area contributed by atoms with Gasteiger partial charge >= 0.3 is 12.1 Å². The highest BCUT2D eigenvalue weighted by Gasteiger charge is 2.34. The molecule has 2 heterocycles. The van der Waals surface area contributed by atoms with Crippen LogP contribution in [0.1, 0.15) is 72.3 Å². The number of ether oxygens (including phenoxy) is 1. The minimum atomic E-state index is -0.816. The van der Waals surface area contributed by atoms with Gasteiger partial charge in [-0.2, -0.15) is 0 Å². The summed E-state index contributed by atoms with van der Waals surface area (Å²) >= 11 is 0. The molecule has 0 spiro atoms. The van der Waals surface area contributed by atoms with Gasteiger partial charge in [0.2, 0.25) is 11.8 Å². The molecule has 2 aliphatic rings. The third-order valence-electron chi connectivity index (χ3n) is 7.63. The number of likely N-dealkylation sites (tertiary alicyclic amines) is 1. The number of benzene rings is 1. The van der Waals surface area contributed by atoms with Crippen molar-refractivity contribution in [1.29, 1.82) is 0 Å². The van der Waals surface area contributed by atoms with Crippen LogP contribution in [0.15, 0.2) is 30.3 Å². The van der Waals surface area contributed by atoms with Crippen molar-refractivity contribution in [1.82, 2.24) is 25.8 Å². The maximum absolute atomic E-state index is 13.9. The lowest BCUT2D eigenvalue weighted by molar-refractivity contribution is -0.126. The van der Waals surface area contributed by atoms with Crippen LogP contribution in [0.5, 0.6) is 0 Å². The summed E-state index contributed by atoms with van der Waals surface area (Å²) < 4.78 is 5.53. The zero-order valence-electron chi connectivity index (χ0n) is 25.7. The number of amides is 5. The molecule has 2 aliphatic heterocycles. The monoisotopic (exact) mass is 587 g/mol. The van der Waals surface area contributed by atoms with Crippen molar-refractivity contribution < 1.29 is 29.0 Å². The number of hydrogen-bond acceptors (Lipinski definition) is 6. The van der Waals surface area contributed by atoms with Crippen LogP contribution in [-0.4, -0.2) is 88.8 Å². The van der Waals surface area contributed by atoms with Gasteiger partial charge < -0.3 is 35.6 Å². The van der Waals surface area contributed by atoms with Gasteiger partial charge in [-0.15, -0.1) is 0 Å². The Labute approximate surface area is 249 Å². The predicted octanol–water partition coefficient (Wildman–Crippen LogP) is 3.02. The van der Waals surface area contributed by atoms with Gasteiger partial charge in [0, 0.05) is 38.1 Å². The topological polar surface area (TPSA) is 140 Å². The van der Waals surface area contributed by atoms with E-state index >= 15 is 0 Å². The first-order valence-corrected chi connectivity index (χ1v) is 15.1. The molecule has 0 saturated carbocycles. The summed E-state index contributed by atoms with van der Waals surface area (Å²) in [7, 11) is 0. The van der Waals surface area contributed by atoms with E-state index in [0.717, 1.165) is 5.56 Å². The molecule has 0 aromatic heterocycles.